The molecule has 3 aromatic carbocycles. The van der Waals surface area contributed by atoms with Gasteiger partial charge in [0.1, 0.15) is 0 Å². The molecule has 0 aliphatic rings. The Balaban J connectivity index is 1.98. The van der Waals surface area contributed by atoms with Crippen molar-refractivity contribution in [2.75, 3.05) is 0 Å². The van der Waals surface area contributed by atoms with Crippen LogP contribution in [0.4, 0.5) is 0 Å². The fourth-order valence-corrected chi connectivity index (χ4v) is 2.61. The van der Waals surface area contributed by atoms with Gasteiger partial charge >= 0.3 is 0 Å². The minimum absolute atomic E-state index is 1.23. The molecule has 1 atom stereocenters. The third-order valence-electron chi connectivity index (χ3n) is 3.26. The summed E-state index contributed by atoms with van der Waals surface area (Å²) in [6.45, 7) is 0. The lowest BCUT2D eigenvalue weighted by Gasteiger charge is -2.07. The highest BCUT2D eigenvalue weighted by molar-refractivity contribution is 7.28. The fourth-order valence-electron chi connectivity index (χ4n) is 2.23. The zero-order valence-electron chi connectivity index (χ0n) is 10.6. The van der Waals surface area contributed by atoms with E-state index in [4.69, 9.17) is 0 Å². The van der Waals surface area contributed by atoms with Crippen LogP contribution in [0.2, 0.25) is 0 Å². The van der Waals surface area contributed by atoms with Crippen molar-refractivity contribution in [1.82, 2.24) is 0 Å². The Labute approximate surface area is 116 Å². The van der Waals surface area contributed by atoms with Gasteiger partial charge in [0.2, 0.25) is 0 Å². The Morgan fingerprint density at radius 3 is 1.68 bits per heavy atom. The molecule has 1 unspecified atom stereocenters. The van der Waals surface area contributed by atoms with E-state index >= 15 is 0 Å². The molecule has 1 heteroatoms. The zero-order valence-corrected chi connectivity index (χ0v) is 11.7. The van der Waals surface area contributed by atoms with Crippen molar-refractivity contribution in [1.29, 1.82) is 0 Å². The summed E-state index contributed by atoms with van der Waals surface area (Å²) < 4.78 is 0. The van der Waals surface area contributed by atoms with Crippen LogP contribution in [0.1, 0.15) is 0 Å². The molecule has 3 aromatic rings. The van der Waals surface area contributed by atoms with Crippen LogP contribution in [-0.2, 0) is 0 Å². The molecule has 0 saturated carbocycles. The highest BCUT2D eigenvalue weighted by Crippen LogP contribution is 2.24. The third kappa shape index (κ3) is 2.59. The fraction of sp³-hybridized carbons (Fsp3) is 0. The van der Waals surface area contributed by atoms with Gasteiger partial charge in [0.25, 0.3) is 0 Å². The predicted molar refractivity (Wildman–Crippen MR) is 86.7 cm³/mol. The van der Waals surface area contributed by atoms with E-state index in [1.165, 1.54) is 27.6 Å². The number of hydrogen-bond donors (Lipinski definition) is 0. The first-order valence-corrected chi connectivity index (χ1v) is 6.93. The molecule has 3 rings (SSSR count). The Hall–Kier alpha value is -1.91. The molecule has 0 aliphatic carbocycles. The minimum Gasteiger partial charge on any atom is -0.105 e. The van der Waals surface area contributed by atoms with Crippen LogP contribution >= 0.6 is 9.24 Å². The van der Waals surface area contributed by atoms with E-state index in [0.29, 0.717) is 0 Å². The number of hydrogen-bond acceptors (Lipinski definition) is 0. The van der Waals surface area contributed by atoms with E-state index in [-0.39, 0.29) is 0 Å². The predicted octanol–water partition coefficient (Wildman–Crippen LogP) is 4.52. The van der Waals surface area contributed by atoms with E-state index in [0.717, 1.165) is 0 Å². The molecule has 0 aliphatic heterocycles. The van der Waals surface area contributed by atoms with E-state index in [1.54, 1.807) is 0 Å². The van der Waals surface area contributed by atoms with Crippen molar-refractivity contribution < 1.29 is 0 Å². The minimum atomic E-state index is 1.23. The lowest BCUT2D eigenvalue weighted by atomic mass is 10.0. The monoisotopic (exact) mass is 262 g/mol. The van der Waals surface area contributed by atoms with Gasteiger partial charge in [-0.25, -0.2) is 0 Å². The summed E-state index contributed by atoms with van der Waals surface area (Å²) in [7, 11) is 2.79. The Kier molecular flexibility index (Phi) is 3.44. The maximum absolute atomic E-state index is 2.79. The van der Waals surface area contributed by atoms with Crippen LogP contribution in [0.25, 0.3) is 22.3 Å². The molecule has 0 fully saturated rings. The Morgan fingerprint density at radius 2 is 1.00 bits per heavy atom. The molecule has 19 heavy (non-hydrogen) atoms. The summed E-state index contributed by atoms with van der Waals surface area (Å²) in [5.74, 6) is 0. The molecule has 0 N–H and O–H groups in total. The smallest absolute Gasteiger partial charge is 0.0112 e. The number of benzene rings is 3. The number of rotatable bonds is 2. The maximum atomic E-state index is 2.79. The summed E-state index contributed by atoms with van der Waals surface area (Å²) in [6, 6.07) is 27.6. The van der Waals surface area contributed by atoms with Crippen LogP contribution in [0.3, 0.4) is 0 Å². The van der Waals surface area contributed by atoms with Crippen molar-refractivity contribution in [2.45, 2.75) is 0 Å². The van der Waals surface area contributed by atoms with E-state index in [9.17, 15) is 0 Å². The second-order valence-corrected chi connectivity index (χ2v) is 5.15. The van der Waals surface area contributed by atoms with Gasteiger partial charge in [-0.15, -0.1) is 9.24 Å². The molecule has 0 amide bonds. The van der Waals surface area contributed by atoms with Gasteiger partial charge < -0.3 is 0 Å². The summed E-state index contributed by atoms with van der Waals surface area (Å²) in [6.07, 6.45) is 0. The van der Waals surface area contributed by atoms with E-state index in [2.05, 4.69) is 82.0 Å². The van der Waals surface area contributed by atoms with Crippen molar-refractivity contribution in [3.05, 3.63) is 78.9 Å². The topological polar surface area (TPSA) is 0 Å². The quantitative estimate of drug-likeness (QED) is 0.596. The first kappa shape index (κ1) is 12.1. The molecular weight excluding hydrogens is 247 g/mol. The van der Waals surface area contributed by atoms with Gasteiger partial charge in [-0.2, -0.15) is 0 Å². The average Bonchev–Trinajstić information content (AvgIpc) is 2.49. The van der Waals surface area contributed by atoms with Crippen LogP contribution in [0.5, 0.6) is 0 Å². The molecule has 0 spiro atoms. The zero-order chi connectivity index (χ0) is 13.1. The first-order valence-electron chi connectivity index (χ1n) is 6.35. The van der Waals surface area contributed by atoms with Crippen LogP contribution in [0, 0.1) is 0 Å². The Morgan fingerprint density at radius 1 is 0.474 bits per heavy atom. The van der Waals surface area contributed by atoms with Gasteiger partial charge in [-0.3, -0.25) is 0 Å². The van der Waals surface area contributed by atoms with Gasteiger partial charge in [-0.1, -0.05) is 78.9 Å². The van der Waals surface area contributed by atoms with Crippen molar-refractivity contribution in [3.8, 4) is 22.3 Å². The highest BCUT2D eigenvalue weighted by Gasteiger charge is 2.01. The highest BCUT2D eigenvalue weighted by atomic mass is 31.0. The standard InChI is InChI=1S/C18H15P/c19-18-9-5-4-8-17(18)16-12-10-15(11-13-16)14-6-2-1-3-7-14/h1-13H,19H2. The van der Waals surface area contributed by atoms with Gasteiger partial charge in [0, 0.05) is 0 Å². The third-order valence-corrected chi connectivity index (χ3v) is 3.77. The Bertz CT molecular complexity index is 670. The molecule has 0 heterocycles. The van der Waals surface area contributed by atoms with Gasteiger partial charge in [0.15, 0.2) is 0 Å². The van der Waals surface area contributed by atoms with Crippen molar-refractivity contribution in [2.24, 2.45) is 0 Å². The van der Waals surface area contributed by atoms with Crippen LogP contribution in [-0.4, -0.2) is 0 Å². The molecule has 0 bridgehead atoms. The first-order chi connectivity index (χ1) is 9.34. The van der Waals surface area contributed by atoms with Crippen molar-refractivity contribution >= 4 is 14.5 Å². The largest absolute Gasteiger partial charge is 0.105 e. The SMILES string of the molecule is Pc1ccccc1-c1ccc(-c2ccccc2)cc1. The molecule has 0 saturated heterocycles. The molecule has 92 valence electrons. The normalized spacial score (nSPS) is 10.4. The summed E-state index contributed by atoms with van der Waals surface area (Å²) in [4.78, 5) is 0. The van der Waals surface area contributed by atoms with Gasteiger partial charge in [-0.05, 0) is 27.6 Å². The summed E-state index contributed by atoms with van der Waals surface area (Å²) in [5.41, 5.74) is 5.04. The lowest BCUT2D eigenvalue weighted by Crippen LogP contribution is -1.94. The van der Waals surface area contributed by atoms with Crippen LogP contribution < -0.4 is 5.30 Å². The van der Waals surface area contributed by atoms with E-state index in [1.807, 2.05) is 6.07 Å². The summed E-state index contributed by atoms with van der Waals surface area (Å²) >= 11 is 0. The summed E-state index contributed by atoms with van der Waals surface area (Å²) in [5, 5.41) is 1.23. The van der Waals surface area contributed by atoms with E-state index < -0.39 is 0 Å². The van der Waals surface area contributed by atoms with Gasteiger partial charge in [0.05, 0.1) is 0 Å². The average molecular weight is 262 g/mol. The second kappa shape index (κ2) is 5.38. The second-order valence-electron chi connectivity index (χ2n) is 4.53. The molecule has 0 nitrogen and oxygen atoms in total. The molecule has 0 radical (unpaired) electrons. The maximum Gasteiger partial charge on any atom is -0.0112 e. The van der Waals surface area contributed by atoms with Crippen LogP contribution in [0.15, 0.2) is 78.9 Å². The molecule has 0 aromatic heterocycles. The van der Waals surface area contributed by atoms with Crippen molar-refractivity contribution in [3.63, 3.8) is 0 Å². The molecular formula is C18H15P. The lowest BCUT2D eigenvalue weighted by molar-refractivity contribution is 1.60.